The zero-order chi connectivity index (χ0) is 19.9. The first-order valence-corrected chi connectivity index (χ1v) is 7.90. The second kappa shape index (κ2) is 6.25. The first-order chi connectivity index (χ1) is 13.2. The van der Waals surface area contributed by atoms with Crippen LogP contribution in [0.5, 0.6) is 17.2 Å². The molecule has 1 aromatic heterocycles. The van der Waals surface area contributed by atoms with Crippen molar-refractivity contribution in [3.05, 3.63) is 54.9 Å². The molecule has 0 fully saturated rings. The van der Waals surface area contributed by atoms with Gasteiger partial charge in [-0.15, -0.1) is 0 Å². The number of aromatic hydroxyl groups is 1. The molecule has 28 heavy (non-hydrogen) atoms. The van der Waals surface area contributed by atoms with E-state index in [9.17, 15) is 22.7 Å². The smallest absolute Gasteiger partial charge is 0.507 e. The van der Waals surface area contributed by atoms with E-state index in [0.29, 0.717) is 11.3 Å². The molecule has 1 aliphatic rings. The number of phenols is 1. The molecule has 0 saturated carbocycles. The van der Waals surface area contributed by atoms with Gasteiger partial charge >= 0.3 is 12.2 Å². The largest absolute Gasteiger partial charge is 0.508 e. The maximum absolute atomic E-state index is 13.3. The van der Waals surface area contributed by atoms with Gasteiger partial charge in [-0.3, -0.25) is 4.98 Å². The molecule has 0 spiro atoms. The number of hydrogen-bond acceptors (Lipinski definition) is 6. The molecule has 6 nitrogen and oxygen atoms in total. The van der Waals surface area contributed by atoms with Crippen LogP contribution >= 0.6 is 0 Å². The molecule has 0 atom stereocenters. The molecule has 0 saturated heterocycles. The van der Waals surface area contributed by atoms with Crippen LogP contribution in [0.3, 0.4) is 0 Å². The number of hydrogen-bond donors (Lipinski definition) is 2. The van der Waals surface area contributed by atoms with Crippen molar-refractivity contribution in [3.63, 3.8) is 0 Å². The zero-order valence-corrected chi connectivity index (χ0v) is 13.9. The molecule has 2 heterocycles. The van der Waals surface area contributed by atoms with Gasteiger partial charge < -0.3 is 19.9 Å². The summed E-state index contributed by atoms with van der Waals surface area (Å²) in [5.41, 5.74) is 1.30. The molecular formula is C18H11F4N3O3. The molecule has 0 aliphatic carbocycles. The van der Waals surface area contributed by atoms with Crippen molar-refractivity contribution in [2.75, 3.05) is 5.32 Å². The van der Waals surface area contributed by atoms with Gasteiger partial charge in [0.05, 0.1) is 18.1 Å². The predicted octanol–water partition coefficient (Wildman–Crippen LogP) is 4.55. The number of ether oxygens (including phenoxy) is 2. The lowest BCUT2D eigenvalue weighted by Crippen LogP contribution is -2.52. The minimum Gasteiger partial charge on any atom is -0.508 e. The van der Waals surface area contributed by atoms with Crippen molar-refractivity contribution in [2.45, 2.75) is 12.2 Å². The van der Waals surface area contributed by atoms with Gasteiger partial charge in [0.2, 0.25) is 0 Å². The molecule has 144 valence electrons. The Morgan fingerprint density at radius 3 is 2.39 bits per heavy atom. The van der Waals surface area contributed by atoms with Crippen molar-refractivity contribution in [3.8, 4) is 28.5 Å². The minimum absolute atomic E-state index is 0.0576. The molecule has 1 aliphatic heterocycles. The van der Waals surface area contributed by atoms with E-state index < -0.39 is 23.7 Å². The normalized spacial score (nSPS) is 16.4. The standard InChI is InChI=1S/C18H11F4N3O3/c19-17(20)18(21,22)28-15-7-11(4-5-14(15)27-17)24-16-9-23-8-13(25-16)10-2-1-3-12(26)6-10/h1-9,26H,(H,24,25). The van der Waals surface area contributed by atoms with E-state index in [1.165, 1.54) is 30.6 Å². The Labute approximate surface area is 155 Å². The summed E-state index contributed by atoms with van der Waals surface area (Å²) in [6.07, 6.45) is -6.71. The first-order valence-electron chi connectivity index (χ1n) is 7.90. The fourth-order valence-electron chi connectivity index (χ4n) is 2.52. The summed E-state index contributed by atoms with van der Waals surface area (Å²) in [5, 5.41) is 12.4. The van der Waals surface area contributed by atoms with Gasteiger partial charge in [0.1, 0.15) is 11.6 Å². The van der Waals surface area contributed by atoms with E-state index >= 15 is 0 Å². The number of fused-ring (bicyclic) bond motifs is 1. The maximum Gasteiger partial charge on any atom is 0.507 e. The van der Waals surface area contributed by atoms with Crippen LogP contribution in [0.4, 0.5) is 29.1 Å². The fourth-order valence-corrected chi connectivity index (χ4v) is 2.52. The quantitative estimate of drug-likeness (QED) is 0.636. The van der Waals surface area contributed by atoms with Gasteiger partial charge in [-0.25, -0.2) is 4.98 Å². The number of halogens is 4. The molecule has 0 unspecified atom stereocenters. The van der Waals surface area contributed by atoms with Crippen molar-refractivity contribution in [1.82, 2.24) is 9.97 Å². The molecule has 3 aromatic rings. The van der Waals surface area contributed by atoms with E-state index in [-0.39, 0.29) is 17.3 Å². The Morgan fingerprint density at radius 2 is 1.64 bits per heavy atom. The van der Waals surface area contributed by atoms with E-state index in [1.54, 1.807) is 12.1 Å². The number of anilines is 2. The third kappa shape index (κ3) is 3.24. The average Bonchev–Trinajstić information content (AvgIpc) is 2.63. The molecule has 0 bridgehead atoms. The van der Waals surface area contributed by atoms with Gasteiger partial charge in [0.25, 0.3) is 0 Å². The van der Waals surface area contributed by atoms with Crippen molar-refractivity contribution < 1.29 is 32.1 Å². The predicted molar refractivity (Wildman–Crippen MR) is 90.0 cm³/mol. The molecule has 0 amide bonds. The second-order valence-electron chi connectivity index (χ2n) is 5.86. The Hall–Kier alpha value is -3.56. The lowest BCUT2D eigenvalue weighted by molar-refractivity contribution is -0.391. The Balaban J connectivity index is 1.60. The Morgan fingerprint density at radius 1 is 0.893 bits per heavy atom. The van der Waals surface area contributed by atoms with Gasteiger partial charge in [-0.2, -0.15) is 17.6 Å². The first kappa shape index (κ1) is 17.8. The third-order valence-corrected chi connectivity index (χ3v) is 3.81. The van der Waals surface area contributed by atoms with Crippen molar-refractivity contribution in [2.24, 2.45) is 0 Å². The summed E-state index contributed by atoms with van der Waals surface area (Å²) in [7, 11) is 0. The Bertz CT molecular complexity index is 1050. The van der Waals surface area contributed by atoms with Gasteiger partial charge in [0, 0.05) is 17.3 Å². The van der Waals surface area contributed by atoms with Crippen LogP contribution in [0.2, 0.25) is 0 Å². The highest BCUT2D eigenvalue weighted by Gasteiger charge is 2.65. The summed E-state index contributed by atoms with van der Waals surface area (Å²) >= 11 is 0. The number of rotatable bonds is 3. The number of phenolic OH excluding ortho intramolecular Hbond substituents is 1. The van der Waals surface area contributed by atoms with Crippen LogP contribution in [0.25, 0.3) is 11.3 Å². The van der Waals surface area contributed by atoms with Gasteiger partial charge in [-0.05, 0) is 24.3 Å². The zero-order valence-electron chi connectivity index (χ0n) is 13.9. The monoisotopic (exact) mass is 393 g/mol. The van der Waals surface area contributed by atoms with E-state index in [4.69, 9.17) is 0 Å². The molecule has 0 radical (unpaired) electrons. The summed E-state index contributed by atoms with van der Waals surface area (Å²) < 4.78 is 61.2. The highest BCUT2D eigenvalue weighted by Crippen LogP contribution is 2.47. The number of nitrogens with one attached hydrogen (secondary N) is 1. The van der Waals surface area contributed by atoms with Crippen molar-refractivity contribution in [1.29, 1.82) is 0 Å². The number of aromatic nitrogens is 2. The molecule has 2 aromatic carbocycles. The number of benzene rings is 2. The Kier molecular flexibility index (Phi) is 3.98. The van der Waals surface area contributed by atoms with Crippen LogP contribution in [-0.2, 0) is 0 Å². The van der Waals surface area contributed by atoms with E-state index in [2.05, 4.69) is 24.8 Å². The van der Waals surface area contributed by atoms with Crippen LogP contribution < -0.4 is 14.8 Å². The lowest BCUT2D eigenvalue weighted by Gasteiger charge is -2.31. The van der Waals surface area contributed by atoms with Crippen LogP contribution in [0, 0.1) is 0 Å². The lowest BCUT2D eigenvalue weighted by atomic mass is 10.1. The highest BCUT2D eigenvalue weighted by atomic mass is 19.3. The van der Waals surface area contributed by atoms with E-state index in [1.807, 2.05) is 0 Å². The SMILES string of the molecule is Oc1cccc(-c2cncc(Nc3ccc4c(c3)OC(F)(F)C(F)(F)O4)n2)c1. The molecule has 10 heteroatoms. The van der Waals surface area contributed by atoms with E-state index in [0.717, 1.165) is 12.1 Å². The minimum atomic E-state index is -4.80. The highest BCUT2D eigenvalue weighted by molar-refractivity contribution is 5.65. The average molecular weight is 393 g/mol. The summed E-state index contributed by atoms with van der Waals surface area (Å²) in [5.74, 6) is -0.740. The van der Waals surface area contributed by atoms with Gasteiger partial charge in [-0.1, -0.05) is 12.1 Å². The van der Waals surface area contributed by atoms with Crippen molar-refractivity contribution >= 4 is 11.5 Å². The summed E-state index contributed by atoms with van der Waals surface area (Å²) in [4.78, 5) is 8.35. The number of alkyl halides is 4. The summed E-state index contributed by atoms with van der Waals surface area (Å²) in [6.45, 7) is 0. The second-order valence-corrected chi connectivity index (χ2v) is 5.86. The fraction of sp³-hybridized carbons (Fsp3) is 0.111. The molecule has 2 N–H and O–H groups in total. The maximum atomic E-state index is 13.3. The van der Waals surface area contributed by atoms with Crippen LogP contribution in [0.1, 0.15) is 0 Å². The van der Waals surface area contributed by atoms with Crippen LogP contribution in [-0.4, -0.2) is 27.3 Å². The van der Waals surface area contributed by atoms with Gasteiger partial charge in [0.15, 0.2) is 11.5 Å². The topological polar surface area (TPSA) is 76.5 Å². The number of nitrogens with zero attached hydrogens (tertiary/aromatic N) is 2. The molecular weight excluding hydrogens is 382 g/mol. The van der Waals surface area contributed by atoms with Crippen LogP contribution in [0.15, 0.2) is 54.9 Å². The summed E-state index contributed by atoms with van der Waals surface area (Å²) in [6, 6.07) is 9.87. The molecule has 4 rings (SSSR count). The third-order valence-electron chi connectivity index (χ3n) is 3.81.